The number of amides is 1. The minimum Gasteiger partial charge on any atom is -0.486 e. The first-order valence-corrected chi connectivity index (χ1v) is 8.83. The Hall–Kier alpha value is -2.87. The summed E-state index contributed by atoms with van der Waals surface area (Å²) in [6.45, 7) is 4.48. The van der Waals surface area contributed by atoms with Gasteiger partial charge in [0.2, 0.25) is 5.76 Å². The summed E-state index contributed by atoms with van der Waals surface area (Å²) in [5, 5.41) is 11.9. The van der Waals surface area contributed by atoms with Crippen molar-refractivity contribution in [2.24, 2.45) is 0 Å². The van der Waals surface area contributed by atoms with Gasteiger partial charge in [-0.05, 0) is 37.6 Å². The Labute approximate surface area is 156 Å². The van der Waals surface area contributed by atoms with E-state index < -0.39 is 12.1 Å². The van der Waals surface area contributed by atoms with Gasteiger partial charge in [0.25, 0.3) is 5.91 Å². The topological polar surface area (TPSA) is 111 Å². The Morgan fingerprint density at radius 3 is 2.70 bits per heavy atom. The molecule has 0 bridgehead atoms. The van der Waals surface area contributed by atoms with Gasteiger partial charge in [-0.2, -0.15) is 0 Å². The second-order valence-electron chi connectivity index (χ2n) is 6.31. The van der Waals surface area contributed by atoms with E-state index >= 15 is 0 Å². The summed E-state index contributed by atoms with van der Waals surface area (Å²) in [6, 6.07) is 5.86. The predicted molar refractivity (Wildman–Crippen MR) is 95.1 cm³/mol. The van der Waals surface area contributed by atoms with Crippen molar-refractivity contribution in [2.75, 3.05) is 13.2 Å². The van der Waals surface area contributed by atoms with Gasteiger partial charge in [0.05, 0.1) is 23.9 Å². The molecule has 2 N–H and O–H groups in total. The van der Waals surface area contributed by atoms with Crippen molar-refractivity contribution in [1.29, 1.82) is 0 Å². The number of nitrogens with one attached hydrogen (secondary N) is 1. The number of oxazole rings is 1. The smallest absolute Gasteiger partial charge is 0.335 e. The standard InChI is InChI=1S/C19H22N2O6/c1-3-16-20-11(2)17(27-16)18(22)21-14-8-9-25-10-15(14)26-13-6-4-12(5-7-13)19(23)24/h4-7,14-15H,3,8-10H2,1-2H3,(H,21,22)(H,23,24)/t14-,15-/m1/s1. The highest BCUT2D eigenvalue weighted by molar-refractivity contribution is 5.92. The summed E-state index contributed by atoms with van der Waals surface area (Å²) in [5.41, 5.74) is 0.734. The highest BCUT2D eigenvalue weighted by atomic mass is 16.5. The number of ether oxygens (including phenoxy) is 2. The molecule has 1 fully saturated rings. The van der Waals surface area contributed by atoms with Crippen LogP contribution in [0.15, 0.2) is 28.7 Å². The monoisotopic (exact) mass is 374 g/mol. The van der Waals surface area contributed by atoms with Crippen LogP contribution in [0.25, 0.3) is 0 Å². The van der Waals surface area contributed by atoms with Crippen LogP contribution in [0.4, 0.5) is 0 Å². The number of aryl methyl sites for hydroxylation is 2. The summed E-state index contributed by atoms with van der Waals surface area (Å²) in [7, 11) is 0. The molecule has 1 saturated heterocycles. The Morgan fingerprint density at radius 2 is 2.07 bits per heavy atom. The van der Waals surface area contributed by atoms with E-state index in [-0.39, 0.29) is 23.3 Å². The van der Waals surface area contributed by atoms with Crippen molar-refractivity contribution in [3.8, 4) is 5.75 Å². The minimum atomic E-state index is -0.999. The van der Waals surface area contributed by atoms with E-state index in [1.807, 2.05) is 6.92 Å². The first-order valence-electron chi connectivity index (χ1n) is 8.83. The molecule has 27 heavy (non-hydrogen) atoms. The molecule has 1 aliphatic heterocycles. The molecule has 1 aliphatic rings. The van der Waals surface area contributed by atoms with Gasteiger partial charge < -0.3 is 24.3 Å². The van der Waals surface area contributed by atoms with Crippen LogP contribution in [-0.4, -0.2) is 47.3 Å². The fraction of sp³-hybridized carbons (Fsp3) is 0.421. The van der Waals surface area contributed by atoms with Crippen molar-refractivity contribution in [3.63, 3.8) is 0 Å². The number of carbonyl (C=O) groups excluding carboxylic acids is 1. The second kappa shape index (κ2) is 8.22. The van der Waals surface area contributed by atoms with Gasteiger partial charge in [-0.25, -0.2) is 9.78 Å². The number of carboxylic acids is 1. The molecule has 0 spiro atoms. The number of hydrogen-bond acceptors (Lipinski definition) is 6. The van der Waals surface area contributed by atoms with Crippen LogP contribution in [0.3, 0.4) is 0 Å². The lowest BCUT2D eigenvalue weighted by atomic mass is 10.1. The maximum absolute atomic E-state index is 12.6. The molecule has 0 aliphatic carbocycles. The normalized spacial score (nSPS) is 19.5. The Bertz CT molecular complexity index is 814. The molecule has 3 rings (SSSR count). The fourth-order valence-corrected chi connectivity index (χ4v) is 2.89. The quantitative estimate of drug-likeness (QED) is 0.797. The van der Waals surface area contributed by atoms with Gasteiger partial charge in [0.1, 0.15) is 11.9 Å². The largest absolute Gasteiger partial charge is 0.486 e. The van der Waals surface area contributed by atoms with Crippen molar-refractivity contribution >= 4 is 11.9 Å². The molecule has 2 heterocycles. The fourth-order valence-electron chi connectivity index (χ4n) is 2.89. The molecule has 1 aromatic heterocycles. The zero-order chi connectivity index (χ0) is 19.4. The molecule has 2 atom stereocenters. The highest BCUT2D eigenvalue weighted by Gasteiger charge is 2.30. The molecule has 1 amide bonds. The van der Waals surface area contributed by atoms with E-state index in [0.29, 0.717) is 43.4 Å². The maximum atomic E-state index is 12.6. The molecule has 8 nitrogen and oxygen atoms in total. The van der Waals surface area contributed by atoms with Gasteiger partial charge in [-0.3, -0.25) is 4.79 Å². The number of aromatic nitrogens is 1. The van der Waals surface area contributed by atoms with Crippen molar-refractivity contribution in [2.45, 2.75) is 38.8 Å². The SMILES string of the molecule is CCc1nc(C)c(C(=O)N[C@@H]2CCOC[C@H]2Oc2ccc(C(=O)O)cc2)o1. The van der Waals surface area contributed by atoms with Gasteiger partial charge in [0.15, 0.2) is 5.89 Å². The minimum absolute atomic E-state index is 0.180. The van der Waals surface area contributed by atoms with E-state index in [1.165, 1.54) is 12.1 Å². The van der Waals surface area contributed by atoms with Gasteiger partial charge in [0, 0.05) is 13.0 Å². The molecule has 0 saturated carbocycles. The average Bonchev–Trinajstić information content (AvgIpc) is 3.05. The lowest BCUT2D eigenvalue weighted by molar-refractivity contribution is -0.0137. The first kappa shape index (κ1) is 18.9. The lowest BCUT2D eigenvalue weighted by Gasteiger charge is -2.32. The summed E-state index contributed by atoms with van der Waals surface area (Å²) >= 11 is 0. The lowest BCUT2D eigenvalue weighted by Crippen LogP contribution is -2.51. The number of carboxylic acid groups (broad SMARTS) is 1. The van der Waals surface area contributed by atoms with Crippen molar-refractivity contribution in [3.05, 3.63) is 47.2 Å². The molecule has 144 valence electrons. The maximum Gasteiger partial charge on any atom is 0.335 e. The Kier molecular flexibility index (Phi) is 5.75. The number of rotatable bonds is 6. The van der Waals surface area contributed by atoms with Gasteiger partial charge >= 0.3 is 5.97 Å². The van der Waals surface area contributed by atoms with E-state index in [0.717, 1.165) is 0 Å². The van der Waals surface area contributed by atoms with Crippen LogP contribution in [0.1, 0.15) is 45.8 Å². The van der Waals surface area contributed by atoms with E-state index in [4.69, 9.17) is 19.0 Å². The highest BCUT2D eigenvalue weighted by Crippen LogP contribution is 2.20. The third-order valence-corrected chi connectivity index (χ3v) is 4.36. The number of nitrogens with zero attached hydrogens (tertiary/aromatic N) is 1. The summed E-state index contributed by atoms with van der Waals surface area (Å²) in [4.78, 5) is 27.7. The van der Waals surface area contributed by atoms with Crippen molar-refractivity contribution in [1.82, 2.24) is 10.3 Å². The number of carbonyl (C=O) groups is 2. The molecular formula is C19H22N2O6. The molecular weight excluding hydrogens is 352 g/mol. The zero-order valence-electron chi connectivity index (χ0n) is 15.2. The predicted octanol–water partition coefficient (Wildman–Crippen LogP) is 2.21. The third-order valence-electron chi connectivity index (χ3n) is 4.36. The zero-order valence-corrected chi connectivity index (χ0v) is 15.2. The summed E-state index contributed by atoms with van der Waals surface area (Å²) in [6.07, 6.45) is 0.813. The Morgan fingerprint density at radius 1 is 1.33 bits per heavy atom. The second-order valence-corrected chi connectivity index (χ2v) is 6.31. The molecule has 0 unspecified atom stereocenters. The summed E-state index contributed by atoms with van der Waals surface area (Å²) < 4.78 is 16.9. The van der Waals surface area contributed by atoms with E-state index in [1.54, 1.807) is 19.1 Å². The average molecular weight is 374 g/mol. The molecule has 1 aromatic carbocycles. The van der Waals surface area contributed by atoms with E-state index in [2.05, 4.69) is 10.3 Å². The number of aromatic carboxylic acids is 1. The van der Waals surface area contributed by atoms with Gasteiger partial charge in [-0.15, -0.1) is 0 Å². The Balaban J connectivity index is 1.68. The van der Waals surface area contributed by atoms with Crippen LogP contribution in [0, 0.1) is 6.92 Å². The first-order chi connectivity index (χ1) is 13.0. The van der Waals surface area contributed by atoms with Crippen LogP contribution in [0.5, 0.6) is 5.75 Å². The van der Waals surface area contributed by atoms with Crippen LogP contribution in [-0.2, 0) is 11.2 Å². The molecule has 2 aromatic rings. The number of hydrogen-bond donors (Lipinski definition) is 2. The van der Waals surface area contributed by atoms with E-state index in [9.17, 15) is 9.59 Å². The number of benzene rings is 1. The van der Waals surface area contributed by atoms with Crippen LogP contribution < -0.4 is 10.1 Å². The summed E-state index contributed by atoms with van der Waals surface area (Å²) in [5.74, 6) is -0.0827. The molecule has 8 heteroatoms. The third kappa shape index (κ3) is 4.46. The van der Waals surface area contributed by atoms with Crippen molar-refractivity contribution < 1.29 is 28.6 Å². The molecule has 0 radical (unpaired) electrons. The van der Waals surface area contributed by atoms with Crippen LogP contribution >= 0.6 is 0 Å². The van der Waals surface area contributed by atoms with Crippen LogP contribution in [0.2, 0.25) is 0 Å². The van der Waals surface area contributed by atoms with Gasteiger partial charge in [-0.1, -0.05) is 6.92 Å².